The fourth-order valence-electron chi connectivity index (χ4n) is 1.82. The van der Waals surface area contributed by atoms with Crippen molar-refractivity contribution < 1.29 is 24.2 Å². The lowest BCUT2D eigenvalue weighted by Crippen LogP contribution is -2.16. The predicted molar refractivity (Wildman–Crippen MR) is 73.1 cm³/mol. The second-order valence-corrected chi connectivity index (χ2v) is 4.00. The molecule has 0 atom stereocenters. The van der Waals surface area contributed by atoms with Gasteiger partial charge in [-0.15, -0.1) is 0 Å². The van der Waals surface area contributed by atoms with Crippen LogP contribution in [0.25, 0.3) is 11.0 Å². The van der Waals surface area contributed by atoms with E-state index >= 15 is 0 Å². The summed E-state index contributed by atoms with van der Waals surface area (Å²) in [4.78, 5) is 31.9. The standard InChI is InChI=1S/C14H14N2O5/c1-3-20-13(18)9-10(14(19)21-4-2)16-12-8(11(9)17)6-5-7-15-12/h5-7H,3-4H2,1-2H3,(H,15,16,17). The lowest BCUT2D eigenvalue weighted by atomic mass is 10.1. The second-order valence-electron chi connectivity index (χ2n) is 4.00. The Morgan fingerprint density at radius 3 is 2.52 bits per heavy atom. The van der Waals surface area contributed by atoms with Gasteiger partial charge >= 0.3 is 11.9 Å². The Bertz CT molecular complexity index is 699. The number of rotatable bonds is 4. The molecule has 0 saturated heterocycles. The summed E-state index contributed by atoms with van der Waals surface area (Å²) in [6.45, 7) is 3.46. The van der Waals surface area contributed by atoms with Gasteiger partial charge in [-0.05, 0) is 26.0 Å². The minimum absolute atomic E-state index is 0.103. The lowest BCUT2D eigenvalue weighted by molar-refractivity contribution is 0.0471. The van der Waals surface area contributed by atoms with Crippen molar-refractivity contribution in [3.05, 3.63) is 29.6 Å². The monoisotopic (exact) mass is 290 g/mol. The van der Waals surface area contributed by atoms with Gasteiger partial charge in [-0.1, -0.05) is 0 Å². The number of hydrogen-bond acceptors (Lipinski definition) is 7. The topological polar surface area (TPSA) is 98.6 Å². The van der Waals surface area contributed by atoms with Crippen LogP contribution in [-0.4, -0.2) is 40.2 Å². The van der Waals surface area contributed by atoms with Crippen LogP contribution in [0, 0.1) is 0 Å². The minimum Gasteiger partial charge on any atom is -0.506 e. The molecule has 0 fully saturated rings. The molecule has 0 spiro atoms. The molecule has 0 aliphatic carbocycles. The average Bonchev–Trinajstić information content (AvgIpc) is 2.47. The maximum atomic E-state index is 12.0. The highest BCUT2D eigenvalue weighted by atomic mass is 16.5. The number of carbonyl (C=O) groups is 2. The molecule has 0 radical (unpaired) electrons. The number of nitrogens with zero attached hydrogens (tertiary/aromatic N) is 2. The fraction of sp³-hybridized carbons (Fsp3) is 0.286. The molecule has 0 saturated carbocycles. The van der Waals surface area contributed by atoms with E-state index in [1.54, 1.807) is 26.0 Å². The molecule has 2 aromatic heterocycles. The summed E-state index contributed by atoms with van der Waals surface area (Å²) >= 11 is 0. The molecule has 0 aliphatic heterocycles. The van der Waals surface area contributed by atoms with Gasteiger partial charge in [0.1, 0.15) is 11.3 Å². The maximum absolute atomic E-state index is 12.0. The zero-order chi connectivity index (χ0) is 15.4. The van der Waals surface area contributed by atoms with Crippen LogP contribution in [-0.2, 0) is 9.47 Å². The van der Waals surface area contributed by atoms with Crippen molar-refractivity contribution in [1.29, 1.82) is 0 Å². The van der Waals surface area contributed by atoms with Crippen molar-refractivity contribution in [3.63, 3.8) is 0 Å². The van der Waals surface area contributed by atoms with E-state index in [0.29, 0.717) is 0 Å². The van der Waals surface area contributed by atoms with E-state index < -0.39 is 17.7 Å². The number of aromatic hydroxyl groups is 1. The molecule has 0 unspecified atom stereocenters. The molecule has 21 heavy (non-hydrogen) atoms. The molecule has 2 heterocycles. The zero-order valence-electron chi connectivity index (χ0n) is 11.6. The van der Waals surface area contributed by atoms with E-state index in [1.165, 1.54) is 6.20 Å². The Morgan fingerprint density at radius 1 is 1.19 bits per heavy atom. The normalized spacial score (nSPS) is 10.4. The fourth-order valence-corrected chi connectivity index (χ4v) is 1.82. The Kier molecular flexibility index (Phi) is 4.32. The molecule has 110 valence electrons. The minimum atomic E-state index is -0.837. The third kappa shape index (κ3) is 2.76. The predicted octanol–water partition coefficient (Wildman–Crippen LogP) is 1.69. The van der Waals surface area contributed by atoms with Crippen molar-refractivity contribution in [3.8, 4) is 5.75 Å². The quantitative estimate of drug-likeness (QED) is 0.855. The molecule has 1 N–H and O–H groups in total. The van der Waals surface area contributed by atoms with E-state index in [1.807, 2.05) is 0 Å². The highest BCUT2D eigenvalue weighted by Gasteiger charge is 2.27. The Morgan fingerprint density at radius 2 is 1.86 bits per heavy atom. The van der Waals surface area contributed by atoms with Crippen molar-refractivity contribution in [2.45, 2.75) is 13.8 Å². The van der Waals surface area contributed by atoms with Crippen LogP contribution in [0.3, 0.4) is 0 Å². The van der Waals surface area contributed by atoms with Crippen LogP contribution in [0.2, 0.25) is 0 Å². The van der Waals surface area contributed by atoms with Gasteiger partial charge in [-0.2, -0.15) is 0 Å². The molecule has 0 aliphatic rings. The molecular weight excluding hydrogens is 276 g/mol. The third-order valence-corrected chi connectivity index (χ3v) is 2.68. The summed E-state index contributed by atoms with van der Waals surface area (Å²) < 4.78 is 9.71. The van der Waals surface area contributed by atoms with E-state index in [0.717, 1.165) is 0 Å². The SMILES string of the molecule is CCOC(=O)c1nc2ncccc2c(O)c1C(=O)OCC. The van der Waals surface area contributed by atoms with Gasteiger partial charge < -0.3 is 14.6 Å². The van der Waals surface area contributed by atoms with E-state index in [2.05, 4.69) is 9.97 Å². The number of ether oxygens (including phenoxy) is 2. The largest absolute Gasteiger partial charge is 0.506 e. The number of pyridine rings is 2. The Labute approximate surface area is 120 Å². The van der Waals surface area contributed by atoms with Crippen LogP contribution in [0.1, 0.15) is 34.7 Å². The van der Waals surface area contributed by atoms with Gasteiger partial charge in [0.2, 0.25) is 0 Å². The number of carbonyl (C=O) groups excluding carboxylic acids is 2. The summed E-state index contributed by atoms with van der Waals surface area (Å²) in [6.07, 6.45) is 1.47. The molecular formula is C14H14N2O5. The average molecular weight is 290 g/mol. The van der Waals surface area contributed by atoms with E-state index in [4.69, 9.17) is 9.47 Å². The van der Waals surface area contributed by atoms with Crippen molar-refractivity contribution >= 4 is 23.0 Å². The summed E-state index contributed by atoms with van der Waals surface area (Å²) in [5.41, 5.74) is -0.471. The lowest BCUT2D eigenvalue weighted by Gasteiger charge is -2.11. The highest BCUT2D eigenvalue weighted by Crippen LogP contribution is 2.29. The Hall–Kier alpha value is -2.70. The van der Waals surface area contributed by atoms with Crippen LogP contribution < -0.4 is 0 Å². The summed E-state index contributed by atoms with van der Waals surface area (Å²) in [5.74, 6) is -2.05. The summed E-state index contributed by atoms with van der Waals surface area (Å²) in [7, 11) is 0. The van der Waals surface area contributed by atoms with E-state index in [9.17, 15) is 14.7 Å². The smallest absolute Gasteiger partial charge is 0.358 e. The van der Waals surface area contributed by atoms with Crippen LogP contribution in [0.4, 0.5) is 0 Å². The first kappa shape index (κ1) is 14.7. The van der Waals surface area contributed by atoms with Gasteiger partial charge in [-0.3, -0.25) is 0 Å². The highest BCUT2D eigenvalue weighted by molar-refractivity contribution is 6.07. The molecule has 7 heteroatoms. The first-order chi connectivity index (χ1) is 10.1. The number of esters is 2. The van der Waals surface area contributed by atoms with E-state index in [-0.39, 0.29) is 35.5 Å². The van der Waals surface area contributed by atoms with Gasteiger partial charge in [0.15, 0.2) is 11.3 Å². The zero-order valence-corrected chi connectivity index (χ0v) is 11.6. The van der Waals surface area contributed by atoms with Crippen LogP contribution in [0.15, 0.2) is 18.3 Å². The first-order valence-corrected chi connectivity index (χ1v) is 6.42. The third-order valence-electron chi connectivity index (χ3n) is 2.68. The van der Waals surface area contributed by atoms with Crippen LogP contribution in [0.5, 0.6) is 5.75 Å². The molecule has 7 nitrogen and oxygen atoms in total. The maximum Gasteiger partial charge on any atom is 0.358 e. The Balaban J connectivity index is 2.71. The van der Waals surface area contributed by atoms with Crippen molar-refractivity contribution in [2.24, 2.45) is 0 Å². The summed E-state index contributed by atoms with van der Waals surface area (Å²) in [5, 5.41) is 10.5. The molecule has 0 bridgehead atoms. The number of aromatic nitrogens is 2. The van der Waals surface area contributed by atoms with Crippen molar-refractivity contribution in [1.82, 2.24) is 9.97 Å². The van der Waals surface area contributed by atoms with Gasteiger partial charge in [-0.25, -0.2) is 19.6 Å². The molecule has 0 amide bonds. The van der Waals surface area contributed by atoms with Crippen LogP contribution >= 0.6 is 0 Å². The second kappa shape index (κ2) is 6.17. The number of hydrogen-bond donors (Lipinski definition) is 1. The number of fused-ring (bicyclic) bond motifs is 1. The summed E-state index contributed by atoms with van der Waals surface area (Å²) in [6, 6.07) is 3.13. The first-order valence-electron chi connectivity index (χ1n) is 6.42. The molecule has 2 aromatic rings. The van der Waals surface area contributed by atoms with Gasteiger partial charge in [0.25, 0.3) is 0 Å². The van der Waals surface area contributed by atoms with Crippen molar-refractivity contribution in [2.75, 3.05) is 13.2 Å². The van der Waals surface area contributed by atoms with Gasteiger partial charge in [0, 0.05) is 6.20 Å². The molecule has 0 aromatic carbocycles. The molecule has 2 rings (SSSR count). The van der Waals surface area contributed by atoms with Gasteiger partial charge in [0.05, 0.1) is 18.6 Å².